The Morgan fingerprint density at radius 2 is 1.96 bits per heavy atom. The minimum absolute atomic E-state index is 0.0319. The van der Waals surface area contributed by atoms with Crippen molar-refractivity contribution in [3.05, 3.63) is 58.1 Å². The van der Waals surface area contributed by atoms with Gasteiger partial charge < -0.3 is 14.4 Å². The predicted octanol–water partition coefficient (Wildman–Crippen LogP) is 4.28. The van der Waals surface area contributed by atoms with Gasteiger partial charge in [-0.15, -0.1) is 11.8 Å². The van der Waals surface area contributed by atoms with Gasteiger partial charge in [0.1, 0.15) is 16.9 Å². The van der Waals surface area contributed by atoms with Gasteiger partial charge >= 0.3 is 0 Å². The van der Waals surface area contributed by atoms with Crippen LogP contribution in [0.25, 0.3) is 0 Å². The molecule has 0 N–H and O–H groups in total. The Morgan fingerprint density at radius 3 is 2.68 bits per heavy atom. The number of benzene rings is 2. The lowest BCUT2D eigenvalue weighted by atomic mass is 10.1. The fraction of sp³-hybridized carbons (Fsp3) is 0.316. The van der Waals surface area contributed by atoms with Crippen molar-refractivity contribution in [1.82, 2.24) is 4.90 Å². The zero-order valence-electron chi connectivity index (χ0n) is 14.2. The number of carbonyl (C=O) groups excluding carboxylic acids is 1. The fourth-order valence-electron chi connectivity index (χ4n) is 2.95. The van der Waals surface area contributed by atoms with E-state index in [0.717, 1.165) is 39.4 Å². The number of carbonyl (C=O) groups is 1. The predicted molar refractivity (Wildman–Crippen MR) is 104 cm³/mol. The molecule has 1 amide bonds. The molecule has 0 bridgehead atoms. The maximum atomic E-state index is 12.9. The molecule has 0 radical (unpaired) electrons. The average Bonchev–Trinajstić information content (AvgIpc) is 3.12. The molecule has 1 atom stereocenters. The van der Waals surface area contributed by atoms with Crippen molar-refractivity contribution >= 4 is 33.6 Å². The summed E-state index contributed by atoms with van der Waals surface area (Å²) in [6.07, 6.45) is 0.346. The summed E-state index contributed by atoms with van der Waals surface area (Å²) in [5.41, 5.74) is 2.02. The summed E-state index contributed by atoms with van der Waals surface area (Å²) < 4.78 is 11.6. The molecule has 0 aromatic heterocycles. The summed E-state index contributed by atoms with van der Waals surface area (Å²) in [7, 11) is 3.28. The van der Waals surface area contributed by atoms with Crippen LogP contribution in [0.2, 0.25) is 0 Å². The van der Waals surface area contributed by atoms with Gasteiger partial charge in [-0.2, -0.15) is 0 Å². The number of amides is 1. The van der Waals surface area contributed by atoms with E-state index in [-0.39, 0.29) is 11.3 Å². The van der Waals surface area contributed by atoms with Crippen molar-refractivity contribution in [3.8, 4) is 11.5 Å². The van der Waals surface area contributed by atoms with Crippen molar-refractivity contribution in [2.75, 3.05) is 26.5 Å². The number of hydrogen-bond acceptors (Lipinski definition) is 4. The second-order valence-electron chi connectivity index (χ2n) is 5.69. The SMILES string of the molecule is COc1ccc(C2SCCN2C(=O)Cc2ccccc2OC)cc1Br. The highest BCUT2D eigenvalue weighted by atomic mass is 79.9. The Kier molecular flexibility index (Phi) is 5.91. The topological polar surface area (TPSA) is 38.8 Å². The molecule has 1 fully saturated rings. The Hall–Kier alpha value is -1.66. The van der Waals surface area contributed by atoms with E-state index in [2.05, 4.69) is 15.9 Å². The minimum Gasteiger partial charge on any atom is -0.496 e. The third kappa shape index (κ3) is 3.96. The quantitative estimate of drug-likeness (QED) is 0.721. The molecule has 6 heteroatoms. The largest absolute Gasteiger partial charge is 0.496 e. The van der Waals surface area contributed by atoms with Crippen LogP contribution in [0.15, 0.2) is 46.9 Å². The second-order valence-corrected chi connectivity index (χ2v) is 7.74. The molecule has 0 aliphatic carbocycles. The van der Waals surface area contributed by atoms with E-state index >= 15 is 0 Å². The van der Waals surface area contributed by atoms with Gasteiger partial charge in [-0.3, -0.25) is 4.79 Å². The van der Waals surface area contributed by atoms with Gasteiger partial charge in [0, 0.05) is 17.9 Å². The number of nitrogens with zero attached hydrogens (tertiary/aromatic N) is 1. The molecule has 4 nitrogen and oxygen atoms in total. The Balaban J connectivity index is 1.79. The molecule has 1 aliphatic heterocycles. The van der Waals surface area contributed by atoms with Gasteiger partial charge in [0.2, 0.25) is 5.91 Å². The first-order valence-electron chi connectivity index (χ1n) is 8.00. The average molecular weight is 422 g/mol. The van der Waals surface area contributed by atoms with E-state index in [0.29, 0.717) is 6.42 Å². The number of methoxy groups -OCH3 is 2. The highest BCUT2D eigenvalue weighted by molar-refractivity contribution is 9.10. The Bertz CT molecular complexity index is 768. The fourth-order valence-corrected chi connectivity index (χ4v) is 4.78. The lowest BCUT2D eigenvalue weighted by Gasteiger charge is -2.25. The van der Waals surface area contributed by atoms with Gasteiger partial charge in [-0.05, 0) is 39.7 Å². The van der Waals surface area contributed by atoms with E-state index in [1.165, 1.54) is 0 Å². The lowest BCUT2D eigenvalue weighted by Crippen LogP contribution is -2.31. The van der Waals surface area contributed by atoms with E-state index in [1.54, 1.807) is 26.0 Å². The third-order valence-electron chi connectivity index (χ3n) is 4.21. The van der Waals surface area contributed by atoms with Crippen LogP contribution in [0.3, 0.4) is 0 Å². The molecule has 132 valence electrons. The molecule has 1 unspecified atom stereocenters. The highest BCUT2D eigenvalue weighted by Gasteiger charge is 2.31. The first-order valence-corrected chi connectivity index (χ1v) is 9.84. The zero-order chi connectivity index (χ0) is 17.8. The second kappa shape index (κ2) is 8.15. The number of thioether (sulfide) groups is 1. The molecule has 1 heterocycles. The first kappa shape index (κ1) is 18.1. The van der Waals surface area contributed by atoms with Crippen LogP contribution in [0.5, 0.6) is 11.5 Å². The lowest BCUT2D eigenvalue weighted by molar-refractivity contribution is -0.130. The summed E-state index contributed by atoms with van der Waals surface area (Å²) in [6.45, 7) is 0.757. The molecule has 0 saturated carbocycles. The van der Waals surface area contributed by atoms with Gasteiger partial charge in [0.05, 0.1) is 25.1 Å². The van der Waals surface area contributed by atoms with Gasteiger partial charge in [-0.25, -0.2) is 0 Å². The van der Waals surface area contributed by atoms with Crippen molar-refractivity contribution < 1.29 is 14.3 Å². The molecule has 25 heavy (non-hydrogen) atoms. The molecule has 2 aromatic carbocycles. The van der Waals surface area contributed by atoms with Crippen molar-refractivity contribution in [2.45, 2.75) is 11.8 Å². The molecule has 1 saturated heterocycles. The van der Waals surface area contributed by atoms with E-state index in [9.17, 15) is 4.79 Å². The number of halogens is 1. The van der Waals surface area contributed by atoms with Crippen LogP contribution in [0.4, 0.5) is 0 Å². The summed E-state index contributed by atoms with van der Waals surface area (Å²) in [6, 6.07) is 13.7. The van der Waals surface area contributed by atoms with E-state index in [1.807, 2.05) is 47.4 Å². The van der Waals surface area contributed by atoms with Gasteiger partial charge in [0.25, 0.3) is 0 Å². The zero-order valence-corrected chi connectivity index (χ0v) is 16.6. The molecule has 2 aromatic rings. The highest BCUT2D eigenvalue weighted by Crippen LogP contribution is 2.40. The summed E-state index contributed by atoms with van der Waals surface area (Å²) >= 11 is 5.32. The standard InChI is InChI=1S/C19H20BrNO3S/c1-23-16-6-4-3-5-13(16)12-18(22)21-9-10-25-19(21)14-7-8-17(24-2)15(20)11-14/h3-8,11,19H,9-10,12H2,1-2H3. The van der Waals surface area contributed by atoms with Crippen molar-refractivity contribution in [1.29, 1.82) is 0 Å². The minimum atomic E-state index is 0.0319. The molecular formula is C19H20BrNO3S. The van der Waals surface area contributed by atoms with Crippen molar-refractivity contribution in [2.24, 2.45) is 0 Å². The maximum Gasteiger partial charge on any atom is 0.228 e. The van der Waals surface area contributed by atoms with Gasteiger partial charge in [0.15, 0.2) is 0 Å². The number of para-hydroxylation sites is 1. The van der Waals surface area contributed by atoms with Crippen molar-refractivity contribution in [3.63, 3.8) is 0 Å². The monoisotopic (exact) mass is 421 g/mol. The number of ether oxygens (including phenoxy) is 2. The molecule has 3 rings (SSSR count). The maximum absolute atomic E-state index is 12.9. The Morgan fingerprint density at radius 1 is 1.20 bits per heavy atom. The van der Waals surface area contributed by atoms with Crippen LogP contribution in [0, 0.1) is 0 Å². The number of hydrogen-bond donors (Lipinski definition) is 0. The van der Waals surface area contributed by atoms with Crippen LogP contribution in [-0.2, 0) is 11.2 Å². The normalized spacial score (nSPS) is 16.8. The van der Waals surface area contributed by atoms with E-state index in [4.69, 9.17) is 9.47 Å². The molecule has 1 aliphatic rings. The summed E-state index contributed by atoms with van der Waals surface area (Å²) in [5.74, 6) is 2.60. The summed E-state index contributed by atoms with van der Waals surface area (Å²) in [5, 5.41) is 0.0319. The Labute approximate surface area is 160 Å². The van der Waals surface area contributed by atoms with Gasteiger partial charge in [-0.1, -0.05) is 24.3 Å². The van der Waals surface area contributed by atoms with Crippen LogP contribution in [-0.4, -0.2) is 37.3 Å². The summed E-state index contributed by atoms with van der Waals surface area (Å²) in [4.78, 5) is 14.8. The van der Waals surface area contributed by atoms with Crippen LogP contribution < -0.4 is 9.47 Å². The first-order chi connectivity index (χ1) is 12.1. The molecular weight excluding hydrogens is 402 g/mol. The third-order valence-corrected chi connectivity index (χ3v) is 6.09. The number of rotatable bonds is 5. The van der Waals surface area contributed by atoms with E-state index < -0.39 is 0 Å². The molecule has 0 spiro atoms. The smallest absolute Gasteiger partial charge is 0.228 e. The van der Waals surface area contributed by atoms with Crippen LogP contribution in [0.1, 0.15) is 16.5 Å². The van der Waals surface area contributed by atoms with Crippen LogP contribution >= 0.6 is 27.7 Å².